The van der Waals surface area contributed by atoms with Crippen LogP contribution in [0.25, 0.3) is 0 Å². The van der Waals surface area contributed by atoms with E-state index in [2.05, 4.69) is 21.3 Å². The van der Waals surface area contributed by atoms with Crippen molar-refractivity contribution in [2.75, 3.05) is 21.3 Å². The first-order chi connectivity index (χ1) is 15.1. The molecular weight excluding hydrogens is 410 g/mol. The molecule has 168 valence electrons. The summed E-state index contributed by atoms with van der Waals surface area (Å²) in [6.45, 7) is 1.21. The Bertz CT molecular complexity index is 839. The standard InChI is InChI=1S/C24H33N3O3S/c1-28-21-13-19(23(30-3)22(14-21)29-2)17-27(16-18-9-8-12-25-15-18)24(31)26-20-10-6-4-5-7-11-20/h8-9,12-15,20H,4-7,10-11,16-17H2,1-3H3,(H,26,31). The van der Waals surface area contributed by atoms with Crippen LogP contribution in [0.3, 0.4) is 0 Å². The summed E-state index contributed by atoms with van der Waals surface area (Å²) in [4.78, 5) is 6.43. The topological polar surface area (TPSA) is 55.9 Å². The van der Waals surface area contributed by atoms with Crippen LogP contribution in [-0.4, -0.2) is 42.4 Å². The Morgan fingerprint density at radius 2 is 1.84 bits per heavy atom. The van der Waals surface area contributed by atoms with E-state index in [-0.39, 0.29) is 0 Å². The fourth-order valence-electron chi connectivity index (χ4n) is 4.06. The van der Waals surface area contributed by atoms with Crippen LogP contribution in [0, 0.1) is 0 Å². The second-order valence-corrected chi connectivity index (χ2v) is 8.26. The molecule has 6 nitrogen and oxygen atoms in total. The lowest BCUT2D eigenvalue weighted by atomic mass is 10.1. The number of thiocarbonyl (C=S) groups is 1. The third kappa shape index (κ3) is 6.47. The largest absolute Gasteiger partial charge is 0.497 e. The summed E-state index contributed by atoms with van der Waals surface area (Å²) in [5.74, 6) is 2.05. The zero-order valence-electron chi connectivity index (χ0n) is 18.7. The lowest BCUT2D eigenvalue weighted by molar-refractivity contribution is 0.332. The van der Waals surface area contributed by atoms with Gasteiger partial charge in [0.1, 0.15) is 5.75 Å². The van der Waals surface area contributed by atoms with Crippen LogP contribution in [0.15, 0.2) is 36.7 Å². The van der Waals surface area contributed by atoms with Crippen molar-refractivity contribution in [2.45, 2.75) is 57.7 Å². The van der Waals surface area contributed by atoms with Crippen molar-refractivity contribution in [3.8, 4) is 17.2 Å². The second kappa shape index (κ2) is 11.7. The number of nitrogens with zero attached hydrogens (tertiary/aromatic N) is 2. The number of benzene rings is 1. The van der Waals surface area contributed by atoms with Gasteiger partial charge >= 0.3 is 0 Å². The molecule has 0 atom stereocenters. The number of nitrogens with one attached hydrogen (secondary N) is 1. The fraction of sp³-hybridized carbons (Fsp3) is 0.500. The summed E-state index contributed by atoms with van der Waals surface area (Å²) in [5.41, 5.74) is 2.05. The number of aromatic nitrogens is 1. The molecule has 1 aliphatic carbocycles. The van der Waals surface area contributed by atoms with Gasteiger partial charge in [0.15, 0.2) is 16.6 Å². The van der Waals surface area contributed by atoms with Crippen LogP contribution >= 0.6 is 12.2 Å². The Hall–Kier alpha value is -2.54. The highest BCUT2D eigenvalue weighted by Crippen LogP contribution is 2.36. The zero-order valence-corrected chi connectivity index (χ0v) is 19.5. The van der Waals surface area contributed by atoms with E-state index in [4.69, 9.17) is 26.4 Å². The van der Waals surface area contributed by atoms with Gasteiger partial charge in [0.25, 0.3) is 0 Å². The summed E-state index contributed by atoms with van der Waals surface area (Å²) in [7, 11) is 4.94. The first-order valence-corrected chi connectivity index (χ1v) is 11.3. The minimum absolute atomic E-state index is 0.424. The molecule has 3 rings (SSSR count). The normalized spacial score (nSPS) is 14.4. The molecule has 0 spiro atoms. The molecule has 1 fully saturated rings. The highest BCUT2D eigenvalue weighted by atomic mass is 32.1. The van der Waals surface area contributed by atoms with Crippen molar-refractivity contribution in [1.82, 2.24) is 15.2 Å². The van der Waals surface area contributed by atoms with Gasteiger partial charge in [-0.15, -0.1) is 0 Å². The van der Waals surface area contributed by atoms with E-state index in [1.54, 1.807) is 27.5 Å². The Balaban J connectivity index is 1.86. The van der Waals surface area contributed by atoms with Gasteiger partial charge in [-0.1, -0.05) is 31.7 Å². The number of hydrogen-bond donors (Lipinski definition) is 1. The van der Waals surface area contributed by atoms with Crippen molar-refractivity contribution in [1.29, 1.82) is 0 Å². The first-order valence-electron chi connectivity index (χ1n) is 10.9. The molecule has 0 saturated heterocycles. The third-order valence-electron chi connectivity index (χ3n) is 5.69. The average molecular weight is 444 g/mol. The summed E-state index contributed by atoms with van der Waals surface area (Å²) in [5, 5.41) is 4.38. The maximum atomic E-state index is 5.89. The van der Waals surface area contributed by atoms with E-state index in [9.17, 15) is 0 Å². The highest BCUT2D eigenvalue weighted by molar-refractivity contribution is 7.80. The minimum Gasteiger partial charge on any atom is -0.497 e. The highest BCUT2D eigenvalue weighted by Gasteiger charge is 2.21. The predicted molar refractivity (Wildman–Crippen MR) is 127 cm³/mol. The van der Waals surface area contributed by atoms with Gasteiger partial charge in [-0.2, -0.15) is 0 Å². The summed E-state index contributed by atoms with van der Waals surface area (Å²) in [6.07, 6.45) is 11.1. The van der Waals surface area contributed by atoms with Gasteiger partial charge in [0.05, 0.1) is 21.3 Å². The van der Waals surface area contributed by atoms with Crippen molar-refractivity contribution in [3.05, 3.63) is 47.8 Å². The van der Waals surface area contributed by atoms with E-state index in [0.29, 0.717) is 30.6 Å². The molecule has 31 heavy (non-hydrogen) atoms. The molecule has 1 heterocycles. The molecule has 2 aromatic rings. The molecule has 7 heteroatoms. The molecule has 0 bridgehead atoms. The lowest BCUT2D eigenvalue weighted by Crippen LogP contribution is -2.44. The molecule has 0 aliphatic heterocycles. The number of hydrogen-bond acceptors (Lipinski definition) is 5. The number of ether oxygens (including phenoxy) is 3. The van der Waals surface area contributed by atoms with Crippen LogP contribution in [-0.2, 0) is 13.1 Å². The average Bonchev–Trinajstić information content (AvgIpc) is 3.07. The molecular formula is C24H33N3O3S. The molecule has 0 radical (unpaired) electrons. The maximum Gasteiger partial charge on any atom is 0.169 e. The first kappa shape index (κ1) is 23.1. The Morgan fingerprint density at radius 1 is 1.06 bits per heavy atom. The number of methoxy groups -OCH3 is 3. The predicted octanol–water partition coefficient (Wildman–Crippen LogP) is 4.71. The van der Waals surface area contributed by atoms with Gasteiger partial charge in [0.2, 0.25) is 0 Å². The monoisotopic (exact) mass is 443 g/mol. The molecule has 1 aromatic carbocycles. The van der Waals surface area contributed by atoms with Crippen molar-refractivity contribution in [3.63, 3.8) is 0 Å². The fourth-order valence-corrected chi connectivity index (χ4v) is 4.35. The number of pyridine rings is 1. The Kier molecular flexibility index (Phi) is 8.76. The summed E-state index contributed by atoms with van der Waals surface area (Å²) in [6, 6.07) is 8.25. The van der Waals surface area contributed by atoms with E-state index in [1.807, 2.05) is 24.4 Å². The van der Waals surface area contributed by atoms with Crippen LogP contribution in [0.4, 0.5) is 0 Å². The Morgan fingerprint density at radius 3 is 2.45 bits per heavy atom. The lowest BCUT2D eigenvalue weighted by Gasteiger charge is -2.30. The van der Waals surface area contributed by atoms with E-state index in [0.717, 1.165) is 34.8 Å². The molecule has 0 unspecified atom stereocenters. The quantitative estimate of drug-likeness (QED) is 0.468. The smallest absolute Gasteiger partial charge is 0.169 e. The van der Waals surface area contributed by atoms with Gasteiger partial charge in [-0.05, 0) is 42.8 Å². The van der Waals surface area contributed by atoms with Crippen molar-refractivity contribution >= 4 is 17.3 Å². The molecule has 1 aromatic heterocycles. The van der Waals surface area contributed by atoms with Crippen LogP contribution in [0.1, 0.15) is 49.7 Å². The van der Waals surface area contributed by atoms with Crippen molar-refractivity contribution in [2.24, 2.45) is 0 Å². The summed E-state index contributed by atoms with van der Waals surface area (Å²) >= 11 is 5.89. The van der Waals surface area contributed by atoms with Gasteiger partial charge in [-0.3, -0.25) is 4.98 Å². The zero-order chi connectivity index (χ0) is 22.1. The molecule has 1 aliphatic rings. The van der Waals surface area contributed by atoms with Gasteiger partial charge < -0.3 is 24.4 Å². The van der Waals surface area contributed by atoms with Gasteiger partial charge in [-0.25, -0.2) is 0 Å². The summed E-state index contributed by atoms with van der Waals surface area (Å²) < 4.78 is 16.7. The van der Waals surface area contributed by atoms with Crippen LogP contribution in [0.2, 0.25) is 0 Å². The van der Waals surface area contributed by atoms with E-state index in [1.165, 1.54) is 25.7 Å². The van der Waals surface area contributed by atoms with E-state index >= 15 is 0 Å². The number of rotatable bonds is 8. The molecule has 1 saturated carbocycles. The second-order valence-electron chi connectivity index (χ2n) is 7.88. The van der Waals surface area contributed by atoms with E-state index < -0.39 is 0 Å². The van der Waals surface area contributed by atoms with Crippen molar-refractivity contribution < 1.29 is 14.2 Å². The SMILES string of the molecule is COc1cc(CN(Cc2cccnc2)C(=S)NC2CCCCCC2)c(OC)c(OC)c1. The minimum atomic E-state index is 0.424. The van der Waals surface area contributed by atoms with Crippen LogP contribution < -0.4 is 19.5 Å². The maximum absolute atomic E-state index is 5.89. The molecule has 0 amide bonds. The Labute approximate surface area is 190 Å². The van der Waals surface area contributed by atoms with Crippen LogP contribution in [0.5, 0.6) is 17.2 Å². The van der Waals surface area contributed by atoms with Gasteiger partial charge in [0, 0.05) is 43.2 Å². The molecule has 1 N–H and O–H groups in total. The third-order valence-corrected chi connectivity index (χ3v) is 6.07.